The Labute approximate surface area is 163 Å². The van der Waals surface area contributed by atoms with Crippen LogP contribution in [-0.2, 0) is 6.42 Å². The molecule has 1 aliphatic carbocycles. The third kappa shape index (κ3) is 4.06. The van der Waals surface area contributed by atoms with Gasteiger partial charge in [-0.3, -0.25) is 4.79 Å². The Morgan fingerprint density at radius 1 is 1.14 bits per heavy atom. The Morgan fingerprint density at radius 2 is 1.86 bits per heavy atom. The molecule has 1 saturated carbocycles. The van der Waals surface area contributed by atoms with Gasteiger partial charge in [0.25, 0.3) is 5.56 Å². The van der Waals surface area contributed by atoms with Crippen LogP contribution in [0.5, 0.6) is 0 Å². The maximum Gasteiger partial charge on any atom is 0.389 e. The van der Waals surface area contributed by atoms with Gasteiger partial charge in [0.1, 0.15) is 11.6 Å². The topological polar surface area (TPSA) is 63.6 Å². The quantitative estimate of drug-likeness (QED) is 0.578. The number of halogens is 4. The standard InChI is InChI=1S/C19H18ClF3N4O/c20-12-6-4-11(5-7-12)16-26-15-17(27(16)13-8-9-13)24-14(25-18(15)28)3-1-2-10-19(21,22)23/h4-7,13H,1-3,8-10H2,(H,24,25,28). The summed E-state index contributed by atoms with van der Waals surface area (Å²) in [5.41, 5.74) is 1.20. The van der Waals surface area contributed by atoms with Crippen molar-refractivity contribution in [1.82, 2.24) is 19.5 Å². The molecule has 9 heteroatoms. The maximum atomic E-state index is 12.5. The number of aryl methyl sites for hydroxylation is 1. The number of benzene rings is 1. The molecule has 4 rings (SSSR count). The van der Waals surface area contributed by atoms with Gasteiger partial charge in [-0.2, -0.15) is 13.2 Å². The highest BCUT2D eigenvalue weighted by Gasteiger charge is 2.30. The molecule has 0 unspecified atom stereocenters. The first-order valence-electron chi connectivity index (χ1n) is 9.15. The summed E-state index contributed by atoms with van der Waals surface area (Å²) in [6.45, 7) is 0. The van der Waals surface area contributed by atoms with Gasteiger partial charge in [0.2, 0.25) is 0 Å². The van der Waals surface area contributed by atoms with E-state index in [9.17, 15) is 18.0 Å². The highest BCUT2D eigenvalue weighted by Crippen LogP contribution is 2.40. The number of nitrogens with zero attached hydrogens (tertiary/aromatic N) is 3. The first-order valence-corrected chi connectivity index (χ1v) is 9.53. The van der Waals surface area contributed by atoms with Gasteiger partial charge >= 0.3 is 6.18 Å². The number of fused-ring (bicyclic) bond motifs is 1. The molecule has 1 aliphatic rings. The molecule has 1 N–H and O–H groups in total. The van der Waals surface area contributed by atoms with Crippen molar-refractivity contribution in [2.45, 2.75) is 50.7 Å². The highest BCUT2D eigenvalue weighted by molar-refractivity contribution is 6.30. The molecule has 0 saturated heterocycles. The fourth-order valence-corrected chi connectivity index (χ4v) is 3.37. The van der Waals surface area contributed by atoms with Gasteiger partial charge in [0, 0.05) is 29.5 Å². The second-order valence-corrected chi connectivity index (χ2v) is 7.49. The van der Waals surface area contributed by atoms with E-state index in [1.165, 1.54) is 0 Å². The molecular weight excluding hydrogens is 393 g/mol. The van der Waals surface area contributed by atoms with Crippen LogP contribution in [0.3, 0.4) is 0 Å². The van der Waals surface area contributed by atoms with Gasteiger partial charge in [0.05, 0.1) is 0 Å². The number of nitrogens with one attached hydrogen (secondary N) is 1. The highest BCUT2D eigenvalue weighted by atomic mass is 35.5. The predicted molar refractivity (Wildman–Crippen MR) is 100 cm³/mol. The van der Waals surface area contributed by atoms with Crippen LogP contribution in [0.15, 0.2) is 29.1 Å². The van der Waals surface area contributed by atoms with E-state index in [0.717, 1.165) is 18.4 Å². The molecule has 5 nitrogen and oxygen atoms in total. The van der Waals surface area contributed by atoms with Crippen molar-refractivity contribution in [2.75, 3.05) is 0 Å². The van der Waals surface area contributed by atoms with E-state index in [1.807, 2.05) is 16.7 Å². The lowest BCUT2D eigenvalue weighted by Crippen LogP contribution is -2.13. The van der Waals surface area contributed by atoms with E-state index in [4.69, 9.17) is 11.6 Å². The summed E-state index contributed by atoms with van der Waals surface area (Å²) in [7, 11) is 0. The van der Waals surface area contributed by atoms with Crippen LogP contribution in [0, 0.1) is 0 Å². The minimum Gasteiger partial charge on any atom is -0.309 e. The third-order valence-electron chi connectivity index (χ3n) is 4.74. The molecule has 2 heterocycles. The molecule has 0 atom stereocenters. The fraction of sp³-hybridized carbons (Fsp3) is 0.421. The number of unbranched alkanes of at least 4 members (excludes halogenated alkanes) is 1. The molecule has 28 heavy (non-hydrogen) atoms. The largest absolute Gasteiger partial charge is 0.389 e. The van der Waals surface area contributed by atoms with E-state index in [-0.39, 0.29) is 30.0 Å². The summed E-state index contributed by atoms with van der Waals surface area (Å²) >= 11 is 5.96. The monoisotopic (exact) mass is 410 g/mol. The zero-order valence-electron chi connectivity index (χ0n) is 14.9. The zero-order chi connectivity index (χ0) is 19.9. The number of rotatable bonds is 6. The van der Waals surface area contributed by atoms with Gasteiger partial charge in [-0.1, -0.05) is 11.6 Å². The SMILES string of the molecule is O=c1[nH]c(CCCCC(F)(F)F)nc2c1nc(-c1ccc(Cl)cc1)n2C1CC1. The minimum atomic E-state index is -4.16. The summed E-state index contributed by atoms with van der Waals surface area (Å²) in [5.74, 6) is 1.05. The molecule has 148 valence electrons. The van der Waals surface area contributed by atoms with Crippen molar-refractivity contribution in [2.24, 2.45) is 0 Å². The Balaban J connectivity index is 1.68. The average molecular weight is 411 g/mol. The van der Waals surface area contributed by atoms with Crippen molar-refractivity contribution in [3.05, 3.63) is 45.5 Å². The Hall–Kier alpha value is -2.35. The fourth-order valence-electron chi connectivity index (χ4n) is 3.25. The zero-order valence-corrected chi connectivity index (χ0v) is 15.6. The number of hydrogen-bond donors (Lipinski definition) is 1. The van der Waals surface area contributed by atoms with Crippen LogP contribution in [0.25, 0.3) is 22.6 Å². The normalized spacial score (nSPS) is 14.7. The molecule has 0 spiro atoms. The number of H-pyrrole nitrogens is 1. The minimum absolute atomic E-state index is 0.00313. The predicted octanol–water partition coefficient (Wildman–Crippen LogP) is 5.05. The Morgan fingerprint density at radius 3 is 2.50 bits per heavy atom. The first kappa shape index (κ1) is 19.0. The Kier molecular flexibility index (Phi) is 4.91. The second kappa shape index (κ2) is 7.24. The van der Waals surface area contributed by atoms with Crippen molar-refractivity contribution in [3.8, 4) is 11.4 Å². The first-order chi connectivity index (χ1) is 13.3. The molecule has 1 aromatic carbocycles. The smallest absolute Gasteiger partial charge is 0.309 e. The van der Waals surface area contributed by atoms with Gasteiger partial charge in [-0.05, 0) is 49.9 Å². The molecule has 2 aromatic heterocycles. The van der Waals surface area contributed by atoms with Crippen LogP contribution in [0.4, 0.5) is 13.2 Å². The number of aromatic amines is 1. The molecule has 0 radical (unpaired) electrons. The molecule has 3 aromatic rings. The van der Waals surface area contributed by atoms with Gasteiger partial charge < -0.3 is 9.55 Å². The molecular formula is C19H18ClF3N4O. The lowest BCUT2D eigenvalue weighted by molar-refractivity contribution is -0.135. The van der Waals surface area contributed by atoms with Crippen LogP contribution in [0.1, 0.15) is 44.0 Å². The van der Waals surface area contributed by atoms with E-state index in [0.29, 0.717) is 28.7 Å². The van der Waals surface area contributed by atoms with Crippen LogP contribution in [0.2, 0.25) is 5.02 Å². The number of hydrogen-bond acceptors (Lipinski definition) is 3. The lowest BCUT2D eigenvalue weighted by atomic mass is 10.2. The number of alkyl halides is 3. The molecule has 0 amide bonds. The number of aromatic nitrogens is 4. The van der Waals surface area contributed by atoms with E-state index < -0.39 is 12.6 Å². The Bertz CT molecular complexity index is 1050. The summed E-state index contributed by atoms with van der Waals surface area (Å²) in [6.07, 6.45) is -2.46. The number of imidazole rings is 1. The average Bonchev–Trinajstić information content (AvgIpc) is 3.39. The summed E-state index contributed by atoms with van der Waals surface area (Å²) in [5, 5.41) is 0.606. The second-order valence-electron chi connectivity index (χ2n) is 7.05. The van der Waals surface area contributed by atoms with Gasteiger partial charge in [-0.15, -0.1) is 0 Å². The van der Waals surface area contributed by atoms with Crippen molar-refractivity contribution >= 4 is 22.8 Å². The summed E-state index contributed by atoms with van der Waals surface area (Å²) < 4.78 is 38.9. The lowest BCUT2D eigenvalue weighted by Gasteiger charge is -2.08. The van der Waals surface area contributed by atoms with Crippen LogP contribution in [-0.4, -0.2) is 25.7 Å². The molecule has 0 aliphatic heterocycles. The summed E-state index contributed by atoms with van der Waals surface area (Å²) in [6, 6.07) is 7.43. The van der Waals surface area contributed by atoms with Gasteiger partial charge in [0.15, 0.2) is 11.2 Å². The summed E-state index contributed by atoms with van der Waals surface area (Å²) in [4.78, 5) is 24.2. The van der Waals surface area contributed by atoms with E-state index >= 15 is 0 Å². The van der Waals surface area contributed by atoms with Crippen LogP contribution < -0.4 is 5.56 Å². The van der Waals surface area contributed by atoms with Crippen molar-refractivity contribution in [1.29, 1.82) is 0 Å². The molecule has 1 fully saturated rings. The van der Waals surface area contributed by atoms with Gasteiger partial charge in [-0.25, -0.2) is 9.97 Å². The van der Waals surface area contributed by atoms with Crippen molar-refractivity contribution < 1.29 is 13.2 Å². The molecule has 0 bridgehead atoms. The third-order valence-corrected chi connectivity index (χ3v) is 4.99. The van der Waals surface area contributed by atoms with Crippen molar-refractivity contribution in [3.63, 3.8) is 0 Å². The van der Waals surface area contributed by atoms with Crippen LogP contribution >= 0.6 is 11.6 Å². The van der Waals surface area contributed by atoms with E-state index in [1.54, 1.807) is 12.1 Å². The van der Waals surface area contributed by atoms with E-state index in [2.05, 4.69) is 15.0 Å². The maximum absolute atomic E-state index is 12.5.